The van der Waals surface area contributed by atoms with Crippen LogP contribution in [-0.4, -0.2) is 45.9 Å². The lowest BCUT2D eigenvalue weighted by Crippen LogP contribution is -2.34. The maximum Gasteiger partial charge on any atom is 0.257 e. The first-order valence-corrected chi connectivity index (χ1v) is 9.03. The Morgan fingerprint density at radius 1 is 1.52 bits per heavy atom. The van der Waals surface area contributed by atoms with Gasteiger partial charge in [-0.25, -0.2) is 4.98 Å². The summed E-state index contributed by atoms with van der Waals surface area (Å²) in [5.74, 6) is 1.72. The van der Waals surface area contributed by atoms with E-state index < -0.39 is 0 Å². The Morgan fingerprint density at radius 3 is 3.00 bits per heavy atom. The van der Waals surface area contributed by atoms with Gasteiger partial charge in [-0.15, -0.1) is 0 Å². The van der Waals surface area contributed by atoms with Gasteiger partial charge >= 0.3 is 0 Å². The van der Waals surface area contributed by atoms with Crippen LogP contribution in [0.3, 0.4) is 0 Å². The Morgan fingerprint density at radius 2 is 2.29 bits per heavy atom. The molecule has 1 fully saturated rings. The smallest absolute Gasteiger partial charge is 0.257 e. The molecular formula is C15H22BrN3OS. The van der Waals surface area contributed by atoms with Gasteiger partial charge in [-0.05, 0) is 35.3 Å². The Labute approximate surface area is 139 Å². The lowest BCUT2D eigenvalue weighted by Gasteiger charge is -2.23. The number of halogens is 1. The second-order valence-corrected chi connectivity index (χ2v) is 8.45. The lowest BCUT2D eigenvalue weighted by molar-refractivity contribution is 0.0765. The van der Waals surface area contributed by atoms with Gasteiger partial charge in [0.2, 0.25) is 0 Å². The number of nitrogens with zero attached hydrogens (tertiary/aromatic N) is 2. The molecule has 4 nitrogen and oxygen atoms in total. The predicted octanol–water partition coefficient (Wildman–Crippen LogP) is 3.63. The van der Waals surface area contributed by atoms with E-state index in [1.165, 1.54) is 0 Å². The summed E-state index contributed by atoms with van der Waals surface area (Å²) in [6.07, 6.45) is 2.73. The third-order valence-corrected chi connectivity index (χ3v) is 5.36. The van der Waals surface area contributed by atoms with Crippen LogP contribution in [0.1, 0.15) is 37.6 Å². The fourth-order valence-electron chi connectivity index (χ4n) is 2.30. The maximum absolute atomic E-state index is 12.8. The third kappa shape index (κ3) is 4.36. The highest BCUT2D eigenvalue weighted by atomic mass is 79.9. The Hall–Kier alpha value is -0.750. The molecule has 0 saturated carbocycles. The largest absolute Gasteiger partial charge is 0.370 e. The summed E-state index contributed by atoms with van der Waals surface area (Å²) < 4.78 is 1.08. The van der Waals surface area contributed by atoms with Gasteiger partial charge in [0.15, 0.2) is 0 Å². The molecule has 1 amide bonds. The van der Waals surface area contributed by atoms with Gasteiger partial charge in [-0.1, -0.05) is 13.8 Å². The average Bonchev–Trinajstić information content (AvgIpc) is 2.61. The minimum absolute atomic E-state index is 0.0676. The molecule has 1 aliphatic heterocycles. The molecule has 0 spiro atoms. The Bertz CT molecular complexity index is 522. The number of nitrogens with one attached hydrogen (secondary N) is 1. The van der Waals surface area contributed by atoms with Gasteiger partial charge in [-0.3, -0.25) is 4.79 Å². The first-order valence-electron chi connectivity index (χ1n) is 7.25. The normalized spacial score (nSPS) is 18.2. The molecule has 0 radical (unpaired) electrons. The van der Waals surface area contributed by atoms with Crippen LogP contribution < -0.4 is 5.32 Å². The van der Waals surface area contributed by atoms with Crippen LogP contribution in [0.25, 0.3) is 0 Å². The summed E-state index contributed by atoms with van der Waals surface area (Å²) in [6, 6.07) is 1.86. The molecule has 0 aromatic carbocycles. The highest BCUT2D eigenvalue weighted by molar-refractivity contribution is 9.10. The SMILES string of the molecule is CCNc1ncc(Br)cc1C(=O)N1CCSC(C)(C)CC1. The van der Waals surface area contributed by atoms with Crippen molar-refractivity contribution in [1.29, 1.82) is 0 Å². The number of rotatable bonds is 3. The third-order valence-electron chi connectivity index (χ3n) is 3.55. The van der Waals surface area contributed by atoms with Crippen LogP contribution >= 0.6 is 27.7 Å². The molecular weight excluding hydrogens is 350 g/mol. The van der Waals surface area contributed by atoms with E-state index in [4.69, 9.17) is 0 Å². The van der Waals surface area contributed by atoms with Gasteiger partial charge in [0.25, 0.3) is 5.91 Å². The number of carbonyl (C=O) groups excluding carboxylic acids is 1. The van der Waals surface area contributed by atoms with E-state index >= 15 is 0 Å². The monoisotopic (exact) mass is 371 g/mol. The predicted molar refractivity (Wildman–Crippen MR) is 93.2 cm³/mol. The summed E-state index contributed by atoms with van der Waals surface area (Å²) in [4.78, 5) is 19.1. The van der Waals surface area contributed by atoms with E-state index in [0.717, 1.165) is 36.3 Å². The zero-order chi connectivity index (χ0) is 15.5. The molecule has 0 atom stereocenters. The molecule has 6 heteroatoms. The van der Waals surface area contributed by atoms with E-state index in [1.54, 1.807) is 6.20 Å². The van der Waals surface area contributed by atoms with E-state index in [1.807, 2.05) is 29.7 Å². The molecule has 1 saturated heterocycles. The van der Waals surface area contributed by atoms with Crippen molar-refractivity contribution in [2.24, 2.45) is 0 Å². The highest BCUT2D eigenvalue weighted by Gasteiger charge is 2.27. The van der Waals surface area contributed by atoms with Crippen LogP contribution in [0.15, 0.2) is 16.7 Å². The van der Waals surface area contributed by atoms with Crippen molar-refractivity contribution in [2.45, 2.75) is 31.9 Å². The maximum atomic E-state index is 12.8. The molecule has 1 N–H and O–H groups in total. The molecule has 0 aliphatic carbocycles. The van der Waals surface area contributed by atoms with E-state index in [2.05, 4.69) is 40.1 Å². The molecule has 1 aromatic heterocycles. The van der Waals surface area contributed by atoms with E-state index in [0.29, 0.717) is 11.4 Å². The van der Waals surface area contributed by atoms with E-state index in [9.17, 15) is 4.79 Å². The van der Waals surface area contributed by atoms with Gasteiger partial charge in [0, 0.05) is 40.8 Å². The number of hydrogen-bond acceptors (Lipinski definition) is 4. The van der Waals surface area contributed by atoms with Crippen molar-refractivity contribution in [3.63, 3.8) is 0 Å². The minimum atomic E-state index is 0.0676. The standard InChI is InChI=1S/C15H22BrN3OS/c1-4-17-13-12(9-11(16)10-18-13)14(20)19-6-5-15(2,3)21-8-7-19/h9-10H,4-8H2,1-3H3,(H,17,18). The fourth-order valence-corrected chi connectivity index (χ4v) is 3.74. The van der Waals surface area contributed by atoms with Crippen LogP contribution in [0, 0.1) is 0 Å². The first kappa shape index (κ1) is 16.6. The number of hydrogen-bond donors (Lipinski definition) is 1. The molecule has 116 valence electrons. The molecule has 0 unspecified atom stereocenters. The summed E-state index contributed by atoms with van der Waals surface area (Å²) in [7, 11) is 0. The summed E-state index contributed by atoms with van der Waals surface area (Å²) in [5.41, 5.74) is 0.649. The quantitative estimate of drug-likeness (QED) is 0.880. The van der Waals surface area contributed by atoms with Crippen LogP contribution in [-0.2, 0) is 0 Å². The lowest BCUT2D eigenvalue weighted by atomic mass is 10.1. The molecule has 21 heavy (non-hydrogen) atoms. The minimum Gasteiger partial charge on any atom is -0.370 e. The first-order chi connectivity index (χ1) is 9.93. The second-order valence-electron chi connectivity index (χ2n) is 5.73. The van der Waals surface area contributed by atoms with Crippen LogP contribution in [0.4, 0.5) is 5.82 Å². The number of amides is 1. The van der Waals surface area contributed by atoms with Crippen molar-refractivity contribution >= 4 is 39.4 Å². The molecule has 1 aliphatic rings. The molecule has 1 aromatic rings. The van der Waals surface area contributed by atoms with Crippen LogP contribution in [0.5, 0.6) is 0 Å². The van der Waals surface area contributed by atoms with Crippen molar-refractivity contribution in [3.05, 3.63) is 22.3 Å². The Kier molecular flexibility index (Phi) is 5.54. The van der Waals surface area contributed by atoms with E-state index in [-0.39, 0.29) is 10.7 Å². The number of anilines is 1. The van der Waals surface area contributed by atoms with Crippen molar-refractivity contribution in [3.8, 4) is 0 Å². The zero-order valence-electron chi connectivity index (χ0n) is 12.8. The Balaban J connectivity index is 2.21. The van der Waals surface area contributed by atoms with Gasteiger partial charge in [0.05, 0.1) is 5.56 Å². The van der Waals surface area contributed by atoms with Gasteiger partial charge < -0.3 is 10.2 Å². The van der Waals surface area contributed by atoms with Crippen molar-refractivity contribution in [2.75, 3.05) is 30.7 Å². The summed E-state index contributed by atoms with van der Waals surface area (Å²) in [5, 5.41) is 3.17. The zero-order valence-corrected chi connectivity index (χ0v) is 15.2. The topological polar surface area (TPSA) is 45.2 Å². The molecule has 2 rings (SSSR count). The second kappa shape index (κ2) is 7.01. The number of pyridine rings is 1. The summed E-state index contributed by atoms with van der Waals surface area (Å²) >= 11 is 5.35. The van der Waals surface area contributed by atoms with Crippen molar-refractivity contribution < 1.29 is 4.79 Å². The van der Waals surface area contributed by atoms with Crippen molar-refractivity contribution in [1.82, 2.24) is 9.88 Å². The van der Waals surface area contributed by atoms with Gasteiger partial charge in [-0.2, -0.15) is 11.8 Å². The number of aromatic nitrogens is 1. The fraction of sp³-hybridized carbons (Fsp3) is 0.600. The number of carbonyl (C=O) groups is 1. The van der Waals surface area contributed by atoms with Crippen LogP contribution in [0.2, 0.25) is 0 Å². The number of thioether (sulfide) groups is 1. The van der Waals surface area contributed by atoms with Gasteiger partial charge in [0.1, 0.15) is 5.82 Å². The summed E-state index contributed by atoms with van der Waals surface area (Å²) in [6.45, 7) is 8.84. The molecule has 2 heterocycles. The molecule has 0 bridgehead atoms. The average molecular weight is 372 g/mol. The highest BCUT2D eigenvalue weighted by Crippen LogP contribution is 2.31.